The molecule has 78 valence electrons. The van der Waals surface area contributed by atoms with Crippen molar-refractivity contribution in [2.24, 2.45) is 5.92 Å². The van der Waals surface area contributed by atoms with Gasteiger partial charge < -0.3 is 4.74 Å². The van der Waals surface area contributed by atoms with Gasteiger partial charge in [-0.25, -0.2) is 4.39 Å². The van der Waals surface area contributed by atoms with E-state index >= 15 is 0 Å². The summed E-state index contributed by atoms with van der Waals surface area (Å²) in [5, 5.41) is 0.425. The molecule has 0 atom stereocenters. The van der Waals surface area contributed by atoms with Gasteiger partial charge in [0.1, 0.15) is 5.82 Å². The van der Waals surface area contributed by atoms with E-state index in [0.29, 0.717) is 23.1 Å². The Morgan fingerprint density at radius 1 is 1.43 bits per heavy atom. The molecule has 1 rings (SSSR count). The first-order valence-electron chi connectivity index (χ1n) is 4.62. The van der Waals surface area contributed by atoms with Crippen molar-refractivity contribution in [3.63, 3.8) is 0 Å². The first kappa shape index (κ1) is 11.5. The van der Waals surface area contributed by atoms with Gasteiger partial charge >= 0.3 is 0 Å². The molecule has 0 bridgehead atoms. The van der Waals surface area contributed by atoms with Crippen LogP contribution in [0, 0.1) is 11.7 Å². The van der Waals surface area contributed by atoms with Gasteiger partial charge in [0.15, 0.2) is 0 Å². The lowest BCUT2D eigenvalue weighted by Crippen LogP contribution is -2.03. The Labute approximate surface area is 88.8 Å². The van der Waals surface area contributed by atoms with E-state index in [9.17, 15) is 4.39 Å². The lowest BCUT2D eigenvalue weighted by molar-refractivity contribution is 0.0951. The first-order valence-corrected chi connectivity index (χ1v) is 4.99. The maximum atomic E-state index is 13.2. The summed E-state index contributed by atoms with van der Waals surface area (Å²) >= 11 is 5.82. The van der Waals surface area contributed by atoms with Crippen LogP contribution in [-0.2, 0) is 11.3 Å². The second-order valence-electron chi connectivity index (χ2n) is 3.61. The van der Waals surface area contributed by atoms with Crippen LogP contribution in [-0.4, -0.2) is 6.61 Å². The molecule has 0 saturated carbocycles. The van der Waals surface area contributed by atoms with Crippen molar-refractivity contribution < 1.29 is 9.13 Å². The van der Waals surface area contributed by atoms with E-state index in [-0.39, 0.29) is 12.4 Å². The molecule has 0 heterocycles. The Balaban J connectivity index is 2.58. The summed E-state index contributed by atoms with van der Waals surface area (Å²) in [6.45, 7) is 4.94. The van der Waals surface area contributed by atoms with Crippen molar-refractivity contribution in [1.82, 2.24) is 0 Å². The Kier molecular flexibility index (Phi) is 4.36. The molecule has 0 saturated heterocycles. The van der Waals surface area contributed by atoms with Crippen LogP contribution in [0.2, 0.25) is 5.02 Å². The van der Waals surface area contributed by atoms with Gasteiger partial charge in [-0.1, -0.05) is 31.5 Å². The summed E-state index contributed by atoms with van der Waals surface area (Å²) in [7, 11) is 0. The predicted molar refractivity (Wildman–Crippen MR) is 55.9 cm³/mol. The van der Waals surface area contributed by atoms with Crippen LogP contribution in [0.3, 0.4) is 0 Å². The summed E-state index contributed by atoms with van der Waals surface area (Å²) in [6, 6.07) is 4.64. The van der Waals surface area contributed by atoms with E-state index in [0.717, 1.165) is 0 Å². The zero-order chi connectivity index (χ0) is 10.6. The summed E-state index contributed by atoms with van der Waals surface area (Å²) < 4.78 is 18.5. The van der Waals surface area contributed by atoms with Gasteiger partial charge in [-0.2, -0.15) is 0 Å². The van der Waals surface area contributed by atoms with Crippen LogP contribution in [0.1, 0.15) is 19.4 Å². The normalized spacial score (nSPS) is 10.9. The van der Waals surface area contributed by atoms with E-state index in [1.807, 2.05) is 13.8 Å². The Morgan fingerprint density at radius 3 is 2.71 bits per heavy atom. The largest absolute Gasteiger partial charge is 0.376 e. The third-order valence-electron chi connectivity index (χ3n) is 1.76. The second-order valence-corrected chi connectivity index (χ2v) is 4.02. The van der Waals surface area contributed by atoms with Gasteiger partial charge in [0.2, 0.25) is 0 Å². The van der Waals surface area contributed by atoms with E-state index in [1.165, 1.54) is 6.07 Å². The van der Waals surface area contributed by atoms with Gasteiger partial charge in [-0.15, -0.1) is 0 Å². The number of hydrogen-bond donors (Lipinski definition) is 0. The van der Waals surface area contributed by atoms with E-state index in [1.54, 1.807) is 12.1 Å². The van der Waals surface area contributed by atoms with Crippen LogP contribution in [0.5, 0.6) is 0 Å². The zero-order valence-electron chi connectivity index (χ0n) is 8.39. The highest BCUT2D eigenvalue weighted by atomic mass is 35.5. The van der Waals surface area contributed by atoms with Gasteiger partial charge in [0.25, 0.3) is 0 Å². The fraction of sp³-hybridized carbons (Fsp3) is 0.455. The third kappa shape index (κ3) is 3.28. The number of benzene rings is 1. The number of hydrogen-bond acceptors (Lipinski definition) is 1. The van der Waals surface area contributed by atoms with Crippen LogP contribution in [0.4, 0.5) is 4.39 Å². The summed E-state index contributed by atoms with van der Waals surface area (Å²) in [5.74, 6) is 0.141. The third-order valence-corrected chi connectivity index (χ3v) is 2.11. The fourth-order valence-electron chi connectivity index (χ4n) is 1.07. The molecule has 1 aromatic rings. The minimum absolute atomic E-state index is 0.240. The van der Waals surface area contributed by atoms with Crippen molar-refractivity contribution in [2.75, 3.05) is 6.61 Å². The highest BCUT2D eigenvalue weighted by molar-refractivity contribution is 6.31. The first-order chi connectivity index (χ1) is 6.61. The topological polar surface area (TPSA) is 9.23 Å². The van der Waals surface area contributed by atoms with Crippen LogP contribution < -0.4 is 0 Å². The highest BCUT2D eigenvalue weighted by Crippen LogP contribution is 2.19. The monoisotopic (exact) mass is 216 g/mol. The maximum Gasteiger partial charge on any atom is 0.130 e. The lowest BCUT2D eigenvalue weighted by atomic mass is 10.2. The average Bonchev–Trinajstić information content (AvgIpc) is 2.09. The molecule has 0 amide bonds. The zero-order valence-corrected chi connectivity index (χ0v) is 9.14. The maximum absolute atomic E-state index is 13.2. The second kappa shape index (κ2) is 5.32. The van der Waals surface area contributed by atoms with Crippen LogP contribution in [0.15, 0.2) is 18.2 Å². The number of ether oxygens (including phenoxy) is 1. The van der Waals surface area contributed by atoms with E-state index < -0.39 is 0 Å². The van der Waals surface area contributed by atoms with Crippen molar-refractivity contribution in [3.8, 4) is 0 Å². The summed E-state index contributed by atoms with van der Waals surface area (Å²) in [6.07, 6.45) is 0. The fourth-order valence-corrected chi connectivity index (χ4v) is 1.28. The Bertz CT molecular complexity index is 279. The van der Waals surface area contributed by atoms with Crippen LogP contribution in [0.25, 0.3) is 0 Å². The molecule has 0 aliphatic heterocycles. The highest BCUT2D eigenvalue weighted by Gasteiger charge is 2.06. The number of halogens is 2. The van der Waals surface area contributed by atoms with Crippen molar-refractivity contribution in [2.45, 2.75) is 20.5 Å². The Morgan fingerprint density at radius 2 is 2.14 bits per heavy atom. The van der Waals surface area contributed by atoms with Gasteiger partial charge in [-0.05, 0) is 18.1 Å². The molecule has 0 aliphatic carbocycles. The summed E-state index contributed by atoms with van der Waals surface area (Å²) in [5.41, 5.74) is 0.440. The molecule has 0 N–H and O–H groups in total. The minimum atomic E-state index is -0.304. The van der Waals surface area contributed by atoms with Gasteiger partial charge in [0, 0.05) is 17.2 Å². The predicted octanol–water partition coefficient (Wildman–Crippen LogP) is 3.65. The molecule has 1 aromatic carbocycles. The Hall–Kier alpha value is -0.600. The molecule has 0 aliphatic rings. The van der Waals surface area contributed by atoms with E-state index in [4.69, 9.17) is 16.3 Å². The quantitative estimate of drug-likeness (QED) is 0.747. The molecule has 0 unspecified atom stereocenters. The average molecular weight is 217 g/mol. The molecule has 0 aromatic heterocycles. The van der Waals surface area contributed by atoms with Gasteiger partial charge in [0.05, 0.1) is 6.61 Å². The van der Waals surface area contributed by atoms with Crippen molar-refractivity contribution in [1.29, 1.82) is 0 Å². The SMILES string of the molecule is CC(C)COCc1c(F)cccc1Cl. The minimum Gasteiger partial charge on any atom is -0.376 e. The number of rotatable bonds is 4. The van der Waals surface area contributed by atoms with Gasteiger partial charge in [-0.3, -0.25) is 0 Å². The van der Waals surface area contributed by atoms with Crippen molar-refractivity contribution in [3.05, 3.63) is 34.6 Å². The standard InChI is InChI=1S/C11H14ClFO/c1-8(2)6-14-7-9-10(12)4-3-5-11(9)13/h3-5,8H,6-7H2,1-2H3. The molecule has 1 nitrogen and oxygen atoms in total. The molecule has 0 fully saturated rings. The van der Waals surface area contributed by atoms with E-state index in [2.05, 4.69) is 0 Å². The molecular formula is C11H14ClFO. The molecular weight excluding hydrogens is 203 g/mol. The smallest absolute Gasteiger partial charge is 0.130 e. The molecule has 14 heavy (non-hydrogen) atoms. The molecule has 3 heteroatoms. The van der Waals surface area contributed by atoms with Crippen molar-refractivity contribution >= 4 is 11.6 Å². The van der Waals surface area contributed by atoms with Crippen LogP contribution >= 0.6 is 11.6 Å². The molecule has 0 spiro atoms. The summed E-state index contributed by atoms with van der Waals surface area (Å²) in [4.78, 5) is 0. The molecule has 0 radical (unpaired) electrons. The lowest BCUT2D eigenvalue weighted by Gasteiger charge is -2.08.